The average Bonchev–Trinajstić information content (AvgIpc) is 3.15. The molecule has 1 aliphatic carbocycles. The molecule has 1 aliphatic rings. The third kappa shape index (κ3) is 5.72. The Morgan fingerprint density at radius 2 is 1.61 bits per heavy atom. The van der Waals surface area contributed by atoms with Crippen LogP contribution in [0.25, 0.3) is 11.1 Å². The molecule has 0 spiro atoms. The van der Waals surface area contributed by atoms with E-state index in [4.69, 9.17) is 4.74 Å². The lowest BCUT2D eigenvalue weighted by atomic mass is 9.78. The summed E-state index contributed by atoms with van der Waals surface area (Å²) in [5.74, 6) is -0.420. The fourth-order valence-electron chi connectivity index (χ4n) is 4.73. The molecule has 2 amide bonds. The number of esters is 1. The number of ether oxygens (including phenoxy) is 1. The molecule has 1 atom stereocenters. The van der Waals surface area contributed by atoms with Crippen molar-refractivity contribution in [2.24, 2.45) is 5.41 Å². The van der Waals surface area contributed by atoms with Gasteiger partial charge in [-0.15, -0.1) is 0 Å². The fraction of sp³-hybridized carbons (Fsp3) is 0.276. The van der Waals surface area contributed by atoms with E-state index in [1.54, 1.807) is 37.3 Å². The van der Waals surface area contributed by atoms with Crippen molar-refractivity contribution in [3.8, 4) is 11.1 Å². The highest BCUT2D eigenvalue weighted by molar-refractivity contribution is 6.07. The molecule has 38 heavy (non-hydrogen) atoms. The summed E-state index contributed by atoms with van der Waals surface area (Å²) in [5.41, 5.74) is 2.04. The van der Waals surface area contributed by atoms with Gasteiger partial charge >= 0.3 is 18.2 Å². The van der Waals surface area contributed by atoms with Gasteiger partial charge in [0.25, 0.3) is 0 Å². The Morgan fingerprint density at radius 3 is 2.26 bits per heavy atom. The Bertz CT molecular complexity index is 1370. The van der Waals surface area contributed by atoms with Crippen molar-refractivity contribution in [3.63, 3.8) is 0 Å². The number of Topliss-reactive ketones (excluding diaryl/α,β-unsaturated/α-hetero) is 1. The quantitative estimate of drug-likeness (QED) is 0.323. The predicted octanol–water partition coefficient (Wildman–Crippen LogP) is 7.10. The van der Waals surface area contributed by atoms with Crippen LogP contribution in [0.1, 0.15) is 48.2 Å². The molecule has 4 rings (SSSR count). The Kier molecular flexibility index (Phi) is 7.57. The van der Waals surface area contributed by atoms with Crippen molar-refractivity contribution in [1.29, 1.82) is 0 Å². The number of benzene rings is 3. The number of fused-ring (bicyclic) bond motifs is 1. The molecule has 6 nitrogen and oxygen atoms in total. The first-order valence-electron chi connectivity index (χ1n) is 12.2. The monoisotopic (exact) mass is 524 g/mol. The highest BCUT2D eigenvalue weighted by Crippen LogP contribution is 2.43. The van der Waals surface area contributed by atoms with Crippen molar-refractivity contribution in [3.05, 3.63) is 83.4 Å². The summed E-state index contributed by atoms with van der Waals surface area (Å²) >= 11 is 0. The number of hydrogen-bond acceptors (Lipinski definition) is 4. The van der Waals surface area contributed by atoms with E-state index in [0.29, 0.717) is 24.1 Å². The molecular weight excluding hydrogens is 497 g/mol. The van der Waals surface area contributed by atoms with Gasteiger partial charge in [0.05, 0.1) is 18.6 Å². The predicted molar refractivity (Wildman–Crippen MR) is 138 cm³/mol. The lowest BCUT2D eigenvalue weighted by Gasteiger charge is -2.24. The first kappa shape index (κ1) is 26.9. The maximum absolute atomic E-state index is 13.2. The number of halogens is 3. The van der Waals surface area contributed by atoms with Crippen LogP contribution in [-0.4, -0.2) is 24.4 Å². The topological polar surface area (TPSA) is 84.5 Å². The molecule has 0 saturated heterocycles. The van der Waals surface area contributed by atoms with E-state index in [0.717, 1.165) is 28.8 Å². The second-order valence-electron chi connectivity index (χ2n) is 9.23. The number of rotatable bonds is 7. The van der Waals surface area contributed by atoms with Crippen molar-refractivity contribution in [1.82, 2.24) is 0 Å². The molecule has 0 saturated carbocycles. The van der Waals surface area contributed by atoms with Gasteiger partial charge in [0.1, 0.15) is 0 Å². The van der Waals surface area contributed by atoms with Crippen molar-refractivity contribution in [2.75, 3.05) is 17.2 Å². The fourth-order valence-corrected chi connectivity index (χ4v) is 4.73. The number of carbonyl (C=O) groups is 3. The Morgan fingerprint density at radius 1 is 0.921 bits per heavy atom. The molecule has 0 bridgehead atoms. The van der Waals surface area contributed by atoms with Gasteiger partial charge < -0.3 is 15.4 Å². The normalized spacial score (nSPS) is 16.6. The smallest absolute Gasteiger partial charge is 0.416 e. The number of hydrogen-bond donors (Lipinski definition) is 2. The lowest BCUT2D eigenvalue weighted by Crippen LogP contribution is -2.31. The highest BCUT2D eigenvalue weighted by atomic mass is 19.4. The van der Waals surface area contributed by atoms with E-state index >= 15 is 0 Å². The summed E-state index contributed by atoms with van der Waals surface area (Å²) in [6, 6.07) is 16.2. The van der Waals surface area contributed by atoms with Gasteiger partial charge in [-0.1, -0.05) is 43.3 Å². The van der Waals surface area contributed by atoms with Gasteiger partial charge in [-0.2, -0.15) is 13.2 Å². The highest BCUT2D eigenvalue weighted by Gasteiger charge is 2.45. The number of anilines is 2. The van der Waals surface area contributed by atoms with Crippen LogP contribution in [0, 0.1) is 5.41 Å². The number of amides is 2. The SMILES string of the molecule is CCOC(=O)CC1(CC)Cc2cc(-c3ccc(NC(=O)Nc4cccc(C(F)(F)F)c4)cc3)ccc2C1=O. The van der Waals surface area contributed by atoms with Crippen molar-refractivity contribution >= 4 is 29.2 Å². The molecule has 3 aromatic rings. The molecule has 0 aromatic heterocycles. The van der Waals surface area contributed by atoms with E-state index in [-0.39, 0.29) is 30.5 Å². The van der Waals surface area contributed by atoms with E-state index in [1.807, 2.05) is 19.1 Å². The number of ketones is 1. The van der Waals surface area contributed by atoms with Gasteiger partial charge in [0.15, 0.2) is 5.78 Å². The van der Waals surface area contributed by atoms with Crippen molar-refractivity contribution in [2.45, 2.75) is 39.3 Å². The van der Waals surface area contributed by atoms with E-state index in [9.17, 15) is 27.6 Å². The Balaban J connectivity index is 1.44. The number of alkyl halides is 3. The van der Waals surface area contributed by atoms with Crippen LogP contribution in [0.3, 0.4) is 0 Å². The van der Waals surface area contributed by atoms with Gasteiger partial charge in [0.2, 0.25) is 0 Å². The molecule has 0 radical (unpaired) electrons. The van der Waals surface area contributed by atoms with E-state index < -0.39 is 23.2 Å². The average molecular weight is 525 g/mol. The van der Waals surface area contributed by atoms with E-state index in [1.165, 1.54) is 12.1 Å². The zero-order chi connectivity index (χ0) is 27.5. The first-order valence-corrected chi connectivity index (χ1v) is 12.2. The lowest BCUT2D eigenvalue weighted by molar-refractivity contribution is -0.145. The summed E-state index contributed by atoms with van der Waals surface area (Å²) in [6.07, 6.45) is -3.48. The zero-order valence-corrected chi connectivity index (χ0v) is 20.9. The van der Waals surface area contributed by atoms with Gasteiger partial charge in [0, 0.05) is 22.4 Å². The minimum atomic E-state index is -4.51. The van der Waals surface area contributed by atoms with Crippen LogP contribution in [0.4, 0.5) is 29.3 Å². The second kappa shape index (κ2) is 10.7. The van der Waals surface area contributed by atoms with Crippen molar-refractivity contribution < 1.29 is 32.3 Å². The molecule has 1 unspecified atom stereocenters. The summed E-state index contributed by atoms with van der Waals surface area (Å²) < 4.78 is 43.8. The minimum absolute atomic E-state index is 0.0211. The third-order valence-corrected chi connectivity index (χ3v) is 6.75. The summed E-state index contributed by atoms with van der Waals surface area (Å²) in [4.78, 5) is 37.6. The summed E-state index contributed by atoms with van der Waals surface area (Å²) in [6.45, 7) is 3.90. The largest absolute Gasteiger partial charge is 0.466 e. The number of nitrogens with one attached hydrogen (secondary N) is 2. The zero-order valence-electron chi connectivity index (χ0n) is 20.9. The van der Waals surface area contributed by atoms with E-state index in [2.05, 4.69) is 10.6 Å². The third-order valence-electron chi connectivity index (χ3n) is 6.75. The van der Waals surface area contributed by atoms with Crippen LogP contribution >= 0.6 is 0 Å². The maximum atomic E-state index is 13.2. The molecule has 3 aromatic carbocycles. The molecule has 0 aliphatic heterocycles. The van der Waals surface area contributed by atoms with Crippen LogP contribution in [0.5, 0.6) is 0 Å². The molecule has 2 N–H and O–H groups in total. The van der Waals surface area contributed by atoms with Crippen LogP contribution < -0.4 is 10.6 Å². The van der Waals surface area contributed by atoms with Gasteiger partial charge in [-0.25, -0.2) is 4.79 Å². The Hall–Kier alpha value is -4.14. The Labute approximate surface area is 218 Å². The number of urea groups is 1. The number of carbonyl (C=O) groups excluding carboxylic acids is 3. The van der Waals surface area contributed by atoms with Crippen LogP contribution in [0.2, 0.25) is 0 Å². The molecule has 9 heteroatoms. The van der Waals surface area contributed by atoms with Crippen LogP contribution in [0.15, 0.2) is 66.7 Å². The van der Waals surface area contributed by atoms with Gasteiger partial charge in [-0.05, 0) is 66.8 Å². The standard InChI is InChI=1S/C29H27F3N2O4/c1-3-28(17-25(35)38-4-2)16-20-14-19(10-13-24(20)26(28)36)18-8-11-22(12-9-18)33-27(37)34-23-7-5-6-21(15-23)29(30,31)32/h5-15H,3-4,16-17H2,1-2H3,(H2,33,34,37). The molecular formula is C29H27F3N2O4. The first-order chi connectivity index (χ1) is 18.0. The van der Waals surface area contributed by atoms with Crippen LogP contribution in [-0.2, 0) is 22.1 Å². The maximum Gasteiger partial charge on any atom is 0.416 e. The molecule has 198 valence electrons. The summed E-state index contributed by atoms with van der Waals surface area (Å²) in [5, 5.41) is 5.00. The molecule has 0 heterocycles. The van der Waals surface area contributed by atoms with Gasteiger partial charge in [-0.3, -0.25) is 9.59 Å². The minimum Gasteiger partial charge on any atom is -0.466 e. The molecule has 0 fully saturated rings. The summed E-state index contributed by atoms with van der Waals surface area (Å²) in [7, 11) is 0. The second-order valence-corrected chi connectivity index (χ2v) is 9.23.